The average molecular weight is 592 g/mol. The Kier molecular flexibility index (Phi) is 7.99. The molecule has 1 amide bonds. The third-order valence-electron chi connectivity index (χ3n) is 7.57. The molecule has 2 aliphatic rings. The molecule has 5 heterocycles. The fourth-order valence-electron chi connectivity index (χ4n) is 5.22. The first-order chi connectivity index (χ1) is 20.0. The van der Waals surface area contributed by atoms with Gasteiger partial charge in [0.25, 0.3) is 0 Å². The molecule has 0 spiro atoms. The number of likely N-dealkylation sites (N-methyl/N-ethyl adjacent to an activating group) is 1. The molecule has 2 aliphatic heterocycles. The zero-order valence-electron chi connectivity index (χ0n) is 23.3. The topological polar surface area (TPSA) is 112 Å². The van der Waals surface area contributed by atoms with E-state index in [4.69, 9.17) is 14.7 Å². The summed E-state index contributed by atoms with van der Waals surface area (Å²) in [5.41, 5.74) is 5.44. The largest absolute Gasteiger partial charge is 0.495 e. The van der Waals surface area contributed by atoms with E-state index in [0.717, 1.165) is 82.4 Å². The smallest absolute Gasteiger partial charge is 0.227 e. The van der Waals surface area contributed by atoms with E-state index in [2.05, 4.69) is 48.4 Å². The lowest BCUT2D eigenvalue weighted by atomic mass is 10.1. The second kappa shape index (κ2) is 12.0. The van der Waals surface area contributed by atoms with Gasteiger partial charge in [0.2, 0.25) is 11.9 Å². The molecule has 2 saturated heterocycles. The Morgan fingerprint density at radius 2 is 1.90 bits per heavy atom. The highest BCUT2D eigenvalue weighted by atomic mass is 32.1. The van der Waals surface area contributed by atoms with Crippen LogP contribution >= 0.6 is 22.7 Å². The quantitative estimate of drug-likeness (QED) is 0.314. The fourth-order valence-corrected chi connectivity index (χ4v) is 6.81. The second-order valence-corrected chi connectivity index (χ2v) is 12.1. The monoisotopic (exact) mass is 591 g/mol. The summed E-state index contributed by atoms with van der Waals surface area (Å²) in [6.45, 7) is 5.44. The summed E-state index contributed by atoms with van der Waals surface area (Å²) < 4.78 is 5.77. The summed E-state index contributed by atoms with van der Waals surface area (Å²) in [5, 5.41) is 7.03. The number of hydrogen-bond acceptors (Lipinski definition) is 12. The number of hydrogen-bond donors (Lipinski definition) is 2. The van der Waals surface area contributed by atoms with E-state index in [0.29, 0.717) is 12.5 Å². The third kappa shape index (κ3) is 5.83. The number of benzene rings is 1. The molecule has 4 aromatic rings. The van der Waals surface area contributed by atoms with Gasteiger partial charge in [0, 0.05) is 82.2 Å². The van der Waals surface area contributed by atoms with Gasteiger partial charge in [-0.3, -0.25) is 9.78 Å². The van der Waals surface area contributed by atoms with Gasteiger partial charge in [-0.05, 0) is 25.6 Å². The molecule has 0 saturated carbocycles. The van der Waals surface area contributed by atoms with E-state index in [9.17, 15) is 4.79 Å². The molecule has 41 heavy (non-hydrogen) atoms. The number of carbonyl (C=O) groups excluding carboxylic acids is 1. The number of methoxy groups -OCH3 is 1. The molecule has 2 N–H and O–H groups in total. The Morgan fingerprint density at radius 1 is 1.05 bits per heavy atom. The molecule has 214 valence electrons. The number of piperazine rings is 1. The molecule has 11 nitrogen and oxygen atoms in total. The fraction of sp³-hybridized carbons (Fsp3) is 0.393. The molecule has 2 fully saturated rings. The van der Waals surface area contributed by atoms with Crippen LogP contribution in [0.3, 0.4) is 0 Å². The highest BCUT2D eigenvalue weighted by Gasteiger charge is 2.29. The lowest BCUT2D eigenvalue weighted by molar-refractivity contribution is -0.123. The van der Waals surface area contributed by atoms with Crippen LogP contribution in [0.25, 0.3) is 21.0 Å². The number of aromatic nitrogens is 4. The van der Waals surface area contributed by atoms with Crippen LogP contribution < -0.4 is 25.2 Å². The van der Waals surface area contributed by atoms with Crippen LogP contribution in [0, 0.1) is 5.92 Å². The maximum Gasteiger partial charge on any atom is 0.227 e. The zero-order valence-corrected chi connectivity index (χ0v) is 25.0. The van der Waals surface area contributed by atoms with Crippen molar-refractivity contribution >= 4 is 51.0 Å². The van der Waals surface area contributed by atoms with Crippen molar-refractivity contribution in [2.24, 2.45) is 5.92 Å². The van der Waals surface area contributed by atoms with E-state index < -0.39 is 0 Å². The zero-order chi connectivity index (χ0) is 28.3. The Labute approximate surface area is 247 Å². The summed E-state index contributed by atoms with van der Waals surface area (Å²) in [5.74, 6) is 1.36. The summed E-state index contributed by atoms with van der Waals surface area (Å²) in [7, 11) is 5.54. The van der Waals surface area contributed by atoms with E-state index in [-0.39, 0.29) is 11.8 Å². The molecule has 0 aliphatic carbocycles. The number of nitrogens with zero attached hydrogens (tertiary/aromatic N) is 7. The Balaban J connectivity index is 1.27. The summed E-state index contributed by atoms with van der Waals surface area (Å²) in [4.78, 5) is 39.5. The highest BCUT2D eigenvalue weighted by Crippen LogP contribution is 2.39. The Bertz CT molecular complexity index is 1500. The van der Waals surface area contributed by atoms with Gasteiger partial charge in [-0.2, -0.15) is 0 Å². The van der Waals surface area contributed by atoms with Gasteiger partial charge in [-0.1, -0.05) is 11.3 Å². The van der Waals surface area contributed by atoms with Gasteiger partial charge < -0.3 is 30.1 Å². The van der Waals surface area contributed by atoms with Crippen molar-refractivity contribution in [3.63, 3.8) is 0 Å². The maximum absolute atomic E-state index is 12.1. The summed E-state index contributed by atoms with van der Waals surface area (Å²) in [6.07, 6.45) is 6.35. The van der Waals surface area contributed by atoms with Crippen molar-refractivity contribution < 1.29 is 9.53 Å². The van der Waals surface area contributed by atoms with Gasteiger partial charge in [0.1, 0.15) is 5.75 Å². The second-order valence-electron chi connectivity index (χ2n) is 10.2. The number of rotatable bonds is 8. The van der Waals surface area contributed by atoms with Crippen LogP contribution in [0.4, 0.5) is 22.5 Å². The minimum atomic E-state index is -0.0189. The lowest BCUT2D eigenvalue weighted by Gasteiger charge is -2.34. The maximum atomic E-state index is 12.1. The van der Waals surface area contributed by atoms with Crippen LogP contribution in [0.15, 0.2) is 42.3 Å². The minimum Gasteiger partial charge on any atom is -0.495 e. The molecule has 3 aromatic heterocycles. The summed E-state index contributed by atoms with van der Waals surface area (Å²) >= 11 is 3.12. The van der Waals surface area contributed by atoms with Gasteiger partial charge in [0.05, 0.1) is 39.7 Å². The van der Waals surface area contributed by atoms with Gasteiger partial charge in [0.15, 0.2) is 5.13 Å². The van der Waals surface area contributed by atoms with E-state index in [1.807, 2.05) is 30.7 Å². The molecular weight excluding hydrogens is 559 g/mol. The van der Waals surface area contributed by atoms with Gasteiger partial charge in [-0.25, -0.2) is 15.0 Å². The number of ether oxygens (including phenoxy) is 1. The number of thiazole rings is 2. The third-order valence-corrected chi connectivity index (χ3v) is 9.44. The van der Waals surface area contributed by atoms with Crippen molar-refractivity contribution in [1.29, 1.82) is 0 Å². The van der Waals surface area contributed by atoms with Crippen molar-refractivity contribution in [3.8, 4) is 26.8 Å². The predicted molar refractivity (Wildman–Crippen MR) is 165 cm³/mol. The molecule has 1 unspecified atom stereocenters. The van der Waals surface area contributed by atoms with Crippen LogP contribution in [0.1, 0.15) is 6.42 Å². The highest BCUT2D eigenvalue weighted by molar-refractivity contribution is 7.19. The molecule has 0 bridgehead atoms. The first-order valence-corrected chi connectivity index (χ1v) is 15.3. The van der Waals surface area contributed by atoms with E-state index in [1.54, 1.807) is 42.3 Å². The van der Waals surface area contributed by atoms with Gasteiger partial charge >= 0.3 is 0 Å². The number of carbonyl (C=O) groups is 1. The Morgan fingerprint density at radius 3 is 2.66 bits per heavy atom. The van der Waals surface area contributed by atoms with Crippen molar-refractivity contribution in [1.82, 2.24) is 30.2 Å². The predicted octanol–water partition coefficient (Wildman–Crippen LogP) is 3.80. The molecular formula is C28H33N9O2S2. The SMILES string of the molecule is CNC(=O)C1CCN(c2ncc(-c3nc(Nc4ccc(N5CCN(C)CC5)c(OC)c4)ncc3-c3cncs3)s2)C1. The lowest BCUT2D eigenvalue weighted by Crippen LogP contribution is -2.44. The molecule has 13 heteroatoms. The molecule has 6 rings (SSSR count). The van der Waals surface area contributed by atoms with Crippen LogP contribution in [0.2, 0.25) is 0 Å². The minimum absolute atomic E-state index is 0.0189. The number of anilines is 4. The average Bonchev–Trinajstić information content (AvgIpc) is 3.79. The molecule has 0 radical (unpaired) electrons. The van der Waals surface area contributed by atoms with Crippen LogP contribution in [-0.4, -0.2) is 91.2 Å². The number of amides is 1. The Hall–Kier alpha value is -3.81. The normalized spacial score (nSPS) is 17.6. The van der Waals surface area contributed by atoms with Gasteiger partial charge in [-0.15, -0.1) is 11.3 Å². The summed E-state index contributed by atoms with van der Waals surface area (Å²) in [6, 6.07) is 6.13. The van der Waals surface area contributed by atoms with Crippen molar-refractivity contribution in [2.45, 2.75) is 6.42 Å². The van der Waals surface area contributed by atoms with Crippen LogP contribution in [-0.2, 0) is 4.79 Å². The van der Waals surface area contributed by atoms with Crippen molar-refractivity contribution in [3.05, 3.63) is 42.3 Å². The molecule has 1 aromatic carbocycles. The first-order valence-electron chi connectivity index (χ1n) is 13.6. The van der Waals surface area contributed by atoms with Crippen LogP contribution in [0.5, 0.6) is 5.75 Å². The van der Waals surface area contributed by atoms with E-state index in [1.165, 1.54) is 0 Å². The molecule has 1 atom stereocenters. The van der Waals surface area contributed by atoms with E-state index >= 15 is 0 Å². The first kappa shape index (κ1) is 27.4. The standard InChI is InChI=1S/C28H33N9O2S2/c1-29-26(38)18-6-7-37(16-18)28-32-15-24(41-28)25-20(23-14-30-17-40-23)13-31-27(34-25)33-19-4-5-21(22(12-19)39-3)36-10-8-35(2)9-11-36/h4-5,12-15,17-18H,6-11,16H2,1-3H3,(H,29,38)(H,31,33,34). The number of nitrogens with one attached hydrogen (secondary N) is 2. The van der Waals surface area contributed by atoms with Crippen molar-refractivity contribution in [2.75, 3.05) is 75.6 Å².